The number of rotatable bonds is 7. The van der Waals surface area contributed by atoms with Gasteiger partial charge in [0.15, 0.2) is 0 Å². The van der Waals surface area contributed by atoms with Crippen LogP contribution >= 0.6 is 11.6 Å². The van der Waals surface area contributed by atoms with E-state index < -0.39 is 0 Å². The van der Waals surface area contributed by atoms with Crippen LogP contribution in [0, 0.1) is 5.92 Å². The Morgan fingerprint density at radius 3 is 2.52 bits per heavy atom. The molecule has 0 saturated carbocycles. The van der Waals surface area contributed by atoms with E-state index in [1.54, 1.807) is 6.07 Å². The van der Waals surface area contributed by atoms with Crippen molar-refractivity contribution in [2.75, 3.05) is 0 Å². The van der Waals surface area contributed by atoms with Gasteiger partial charge in [-0.05, 0) is 42.5 Å². The fourth-order valence-corrected chi connectivity index (χ4v) is 2.49. The van der Waals surface area contributed by atoms with Crippen LogP contribution in [0.4, 0.5) is 0 Å². The summed E-state index contributed by atoms with van der Waals surface area (Å²) >= 11 is 5.95. The molecule has 23 heavy (non-hydrogen) atoms. The molecule has 1 aromatic carbocycles. The van der Waals surface area contributed by atoms with Crippen molar-refractivity contribution < 1.29 is 9.21 Å². The van der Waals surface area contributed by atoms with E-state index in [4.69, 9.17) is 21.8 Å². The van der Waals surface area contributed by atoms with Gasteiger partial charge in [-0.1, -0.05) is 37.6 Å². The van der Waals surface area contributed by atoms with Gasteiger partial charge in [0.2, 0.25) is 0 Å². The zero-order chi connectivity index (χ0) is 16.8. The minimum atomic E-state index is -0.155. The molecule has 0 aliphatic rings. The Morgan fingerprint density at radius 1 is 1.26 bits per heavy atom. The molecule has 0 spiro atoms. The highest BCUT2D eigenvalue weighted by Crippen LogP contribution is 2.23. The molecule has 4 nitrogen and oxygen atoms in total. The average Bonchev–Trinajstić information content (AvgIpc) is 3.01. The van der Waals surface area contributed by atoms with Crippen molar-refractivity contribution in [3.8, 4) is 0 Å². The van der Waals surface area contributed by atoms with Crippen molar-refractivity contribution in [2.24, 2.45) is 11.7 Å². The third kappa shape index (κ3) is 5.12. The smallest absolute Gasteiger partial charge is 0.255 e. The van der Waals surface area contributed by atoms with Crippen LogP contribution in [0.3, 0.4) is 0 Å². The van der Waals surface area contributed by atoms with Crippen LogP contribution in [0.15, 0.2) is 41.0 Å². The van der Waals surface area contributed by atoms with Crippen LogP contribution < -0.4 is 11.1 Å². The maximum Gasteiger partial charge on any atom is 0.255 e. The fraction of sp³-hybridized carbons (Fsp3) is 0.389. The number of amides is 1. The Morgan fingerprint density at radius 2 is 1.96 bits per heavy atom. The number of furan rings is 1. The monoisotopic (exact) mass is 334 g/mol. The highest BCUT2D eigenvalue weighted by atomic mass is 35.5. The van der Waals surface area contributed by atoms with Crippen molar-refractivity contribution in [1.29, 1.82) is 0 Å². The molecule has 0 bridgehead atoms. The highest BCUT2D eigenvalue weighted by Gasteiger charge is 2.17. The van der Waals surface area contributed by atoms with Gasteiger partial charge in [0.05, 0.1) is 18.2 Å². The second-order valence-corrected chi connectivity index (χ2v) is 6.49. The van der Waals surface area contributed by atoms with E-state index in [-0.39, 0.29) is 18.5 Å². The summed E-state index contributed by atoms with van der Waals surface area (Å²) in [6.45, 7) is 4.62. The zero-order valence-electron chi connectivity index (χ0n) is 13.5. The van der Waals surface area contributed by atoms with Gasteiger partial charge in [0, 0.05) is 5.02 Å². The first-order valence-electron chi connectivity index (χ1n) is 7.83. The number of hydrogen-bond donors (Lipinski definition) is 2. The van der Waals surface area contributed by atoms with Crippen molar-refractivity contribution in [3.05, 3.63) is 58.5 Å². The molecule has 1 amide bonds. The third-order valence-corrected chi connectivity index (χ3v) is 3.98. The normalized spacial score (nSPS) is 12.4. The van der Waals surface area contributed by atoms with E-state index >= 15 is 0 Å². The van der Waals surface area contributed by atoms with Gasteiger partial charge in [-0.2, -0.15) is 0 Å². The Kier molecular flexibility index (Phi) is 6.25. The third-order valence-electron chi connectivity index (χ3n) is 3.73. The summed E-state index contributed by atoms with van der Waals surface area (Å²) in [7, 11) is 0. The maximum atomic E-state index is 12.4. The van der Waals surface area contributed by atoms with Crippen molar-refractivity contribution >= 4 is 17.5 Å². The summed E-state index contributed by atoms with van der Waals surface area (Å²) < 4.78 is 5.23. The highest BCUT2D eigenvalue weighted by molar-refractivity contribution is 6.30. The molecule has 0 saturated heterocycles. The molecule has 1 aromatic heterocycles. The molecule has 1 heterocycles. The van der Waals surface area contributed by atoms with Gasteiger partial charge >= 0.3 is 0 Å². The van der Waals surface area contributed by atoms with Crippen molar-refractivity contribution in [1.82, 2.24) is 5.32 Å². The van der Waals surface area contributed by atoms with Crippen molar-refractivity contribution in [2.45, 2.75) is 39.3 Å². The Hall–Kier alpha value is -1.78. The lowest BCUT2D eigenvalue weighted by Crippen LogP contribution is -2.28. The second kappa shape index (κ2) is 8.18. The van der Waals surface area contributed by atoms with Gasteiger partial charge < -0.3 is 15.5 Å². The molecule has 0 aliphatic carbocycles. The van der Waals surface area contributed by atoms with Crippen LogP contribution in [-0.4, -0.2) is 5.91 Å². The molecular formula is C18H23ClN2O2. The predicted octanol–water partition coefficient (Wildman–Crippen LogP) is 4.30. The van der Waals surface area contributed by atoms with Crippen LogP contribution in [0.1, 0.15) is 54.4 Å². The first-order chi connectivity index (χ1) is 11.0. The molecule has 124 valence electrons. The lowest BCUT2D eigenvalue weighted by molar-refractivity contribution is 0.0932. The predicted molar refractivity (Wildman–Crippen MR) is 92.3 cm³/mol. The van der Waals surface area contributed by atoms with Crippen molar-refractivity contribution in [3.63, 3.8) is 0 Å². The maximum absolute atomic E-state index is 12.4. The first-order valence-corrected chi connectivity index (χ1v) is 8.21. The lowest BCUT2D eigenvalue weighted by Gasteiger charge is -2.20. The zero-order valence-corrected chi connectivity index (χ0v) is 14.3. The summed E-state index contributed by atoms with van der Waals surface area (Å²) in [5.74, 6) is 1.01. The van der Waals surface area contributed by atoms with E-state index in [2.05, 4.69) is 19.2 Å². The van der Waals surface area contributed by atoms with Crippen LogP contribution in [0.2, 0.25) is 5.02 Å². The Balaban J connectivity index is 2.12. The van der Waals surface area contributed by atoms with Gasteiger partial charge in [-0.25, -0.2) is 0 Å². The Bertz CT molecular complexity index is 635. The number of nitrogens with two attached hydrogens (primary N) is 1. The van der Waals surface area contributed by atoms with Gasteiger partial charge in [-0.15, -0.1) is 0 Å². The lowest BCUT2D eigenvalue weighted by atomic mass is 9.97. The van der Waals surface area contributed by atoms with E-state index in [1.165, 1.54) is 6.26 Å². The van der Waals surface area contributed by atoms with Crippen LogP contribution in [0.25, 0.3) is 0 Å². The quantitative estimate of drug-likeness (QED) is 0.793. The minimum Gasteiger partial charge on any atom is -0.467 e. The van der Waals surface area contributed by atoms with Crippen LogP contribution in [-0.2, 0) is 6.54 Å². The molecule has 5 heteroatoms. The summed E-state index contributed by atoms with van der Waals surface area (Å²) in [6.07, 6.45) is 3.33. The minimum absolute atomic E-state index is 0.0570. The SMILES string of the molecule is CC(C)CCC(NC(=O)c1coc(CN)c1)c1ccc(Cl)cc1. The van der Waals surface area contributed by atoms with E-state index in [1.807, 2.05) is 24.3 Å². The molecule has 3 N–H and O–H groups in total. The molecular weight excluding hydrogens is 312 g/mol. The summed E-state index contributed by atoms with van der Waals surface area (Å²) in [5, 5.41) is 3.76. The van der Waals surface area contributed by atoms with Gasteiger partial charge in [0.25, 0.3) is 5.91 Å². The van der Waals surface area contributed by atoms with E-state index in [9.17, 15) is 4.79 Å². The largest absolute Gasteiger partial charge is 0.467 e. The summed E-state index contributed by atoms with van der Waals surface area (Å²) in [4.78, 5) is 12.4. The van der Waals surface area contributed by atoms with E-state index in [0.29, 0.717) is 22.3 Å². The standard InChI is InChI=1S/C18H23ClN2O2/c1-12(2)3-8-17(13-4-6-15(19)7-5-13)21-18(22)14-9-16(10-20)23-11-14/h4-7,9,11-12,17H,3,8,10,20H2,1-2H3,(H,21,22). The number of halogens is 1. The molecule has 2 aromatic rings. The number of nitrogens with one attached hydrogen (secondary N) is 1. The topological polar surface area (TPSA) is 68.3 Å². The molecule has 0 aliphatic heterocycles. The molecule has 0 radical (unpaired) electrons. The Labute approximate surface area is 142 Å². The molecule has 0 fully saturated rings. The molecule has 1 atom stereocenters. The first kappa shape index (κ1) is 17.6. The van der Waals surface area contributed by atoms with Gasteiger partial charge in [-0.3, -0.25) is 4.79 Å². The summed E-state index contributed by atoms with van der Waals surface area (Å²) in [5.41, 5.74) is 7.05. The molecule has 1 unspecified atom stereocenters. The number of benzene rings is 1. The van der Waals surface area contributed by atoms with Gasteiger partial charge in [0.1, 0.15) is 12.0 Å². The van der Waals surface area contributed by atoms with E-state index in [0.717, 1.165) is 18.4 Å². The average molecular weight is 335 g/mol. The number of hydrogen-bond acceptors (Lipinski definition) is 3. The van der Waals surface area contributed by atoms with Crippen LogP contribution in [0.5, 0.6) is 0 Å². The summed E-state index contributed by atoms with van der Waals surface area (Å²) in [6, 6.07) is 9.21. The molecule has 2 rings (SSSR count). The number of carbonyl (C=O) groups excluding carboxylic acids is 1. The second-order valence-electron chi connectivity index (χ2n) is 6.05. The number of carbonyl (C=O) groups is 1. The fourth-order valence-electron chi connectivity index (χ4n) is 2.37.